The van der Waals surface area contributed by atoms with Gasteiger partial charge in [-0.2, -0.15) is 5.10 Å². The number of fused-ring (bicyclic) bond motifs is 1. The zero-order valence-corrected chi connectivity index (χ0v) is 13.4. The molecule has 4 heterocycles. The largest absolute Gasteiger partial charge is 0.385 e. The molecule has 116 valence electrons. The minimum absolute atomic E-state index is 0.0172. The number of rotatable bonds is 2. The van der Waals surface area contributed by atoms with Crippen LogP contribution in [-0.2, 0) is 9.57 Å². The molecule has 0 amide bonds. The summed E-state index contributed by atoms with van der Waals surface area (Å²) in [4.78, 5) is 9.84. The third-order valence-corrected chi connectivity index (χ3v) is 4.87. The molecule has 3 atom stereocenters. The lowest BCUT2D eigenvalue weighted by Gasteiger charge is -2.23. The van der Waals surface area contributed by atoms with Gasteiger partial charge in [0.15, 0.2) is 11.9 Å². The lowest BCUT2D eigenvalue weighted by molar-refractivity contribution is -0.0395. The summed E-state index contributed by atoms with van der Waals surface area (Å²) in [5.41, 5.74) is 7.77. The number of halogens is 1. The molecule has 3 aliphatic rings. The van der Waals surface area contributed by atoms with Crippen LogP contribution in [0.25, 0.3) is 5.57 Å². The highest BCUT2D eigenvalue weighted by atomic mass is 79.9. The predicted octanol–water partition coefficient (Wildman–Crippen LogP) is 2.02. The Bertz CT molecular complexity index is 675. The SMILES string of the molecule is NC1=NOC2C(c3cnn(C4CCCCO4)c3)=CN=C(Br)C12. The van der Waals surface area contributed by atoms with Crippen LogP contribution in [0.15, 0.2) is 28.7 Å². The molecule has 0 bridgehead atoms. The fourth-order valence-corrected chi connectivity index (χ4v) is 3.55. The highest BCUT2D eigenvalue weighted by Gasteiger charge is 2.41. The van der Waals surface area contributed by atoms with Gasteiger partial charge in [0.25, 0.3) is 0 Å². The molecular formula is C14H16BrN5O2. The van der Waals surface area contributed by atoms with Crippen LogP contribution in [0.5, 0.6) is 0 Å². The van der Waals surface area contributed by atoms with Crippen molar-refractivity contribution in [3.8, 4) is 0 Å². The van der Waals surface area contributed by atoms with Gasteiger partial charge in [0, 0.05) is 30.1 Å². The first-order valence-electron chi connectivity index (χ1n) is 7.32. The third-order valence-electron chi connectivity index (χ3n) is 4.17. The van der Waals surface area contributed by atoms with Gasteiger partial charge in [-0.05, 0) is 35.2 Å². The average molecular weight is 366 g/mol. The number of hydrogen-bond donors (Lipinski definition) is 1. The molecule has 1 aromatic rings. The van der Waals surface area contributed by atoms with E-state index in [1.165, 1.54) is 0 Å². The molecule has 1 saturated heterocycles. The summed E-state index contributed by atoms with van der Waals surface area (Å²) in [5.74, 6) is 0.281. The predicted molar refractivity (Wildman–Crippen MR) is 85.4 cm³/mol. The molecule has 22 heavy (non-hydrogen) atoms. The number of ether oxygens (including phenoxy) is 1. The Labute approximate surface area is 136 Å². The van der Waals surface area contributed by atoms with Crippen molar-refractivity contribution in [1.29, 1.82) is 0 Å². The van der Waals surface area contributed by atoms with Gasteiger partial charge < -0.3 is 15.3 Å². The molecule has 0 spiro atoms. The summed E-state index contributed by atoms with van der Waals surface area (Å²) in [6.45, 7) is 0.790. The Hall–Kier alpha value is -1.67. The molecule has 4 rings (SSSR count). The summed E-state index contributed by atoms with van der Waals surface area (Å²) in [7, 11) is 0. The van der Waals surface area contributed by atoms with Crippen molar-refractivity contribution in [1.82, 2.24) is 9.78 Å². The number of aromatic nitrogens is 2. The van der Waals surface area contributed by atoms with Gasteiger partial charge in [-0.25, -0.2) is 4.68 Å². The van der Waals surface area contributed by atoms with E-state index in [0.29, 0.717) is 5.84 Å². The molecule has 2 N–H and O–H groups in total. The van der Waals surface area contributed by atoms with E-state index >= 15 is 0 Å². The molecule has 0 saturated carbocycles. The second-order valence-electron chi connectivity index (χ2n) is 5.59. The second-order valence-corrected chi connectivity index (χ2v) is 6.40. The molecule has 7 nitrogen and oxygen atoms in total. The van der Waals surface area contributed by atoms with Gasteiger partial charge in [0.2, 0.25) is 0 Å². The van der Waals surface area contributed by atoms with Gasteiger partial charge in [0.05, 0.1) is 10.8 Å². The van der Waals surface area contributed by atoms with Crippen LogP contribution >= 0.6 is 15.9 Å². The Balaban J connectivity index is 1.61. The Kier molecular flexibility index (Phi) is 3.50. The summed E-state index contributed by atoms with van der Waals surface area (Å²) >= 11 is 3.43. The number of nitrogens with two attached hydrogens (primary N) is 1. The normalized spacial score (nSPS) is 31.0. The molecule has 8 heteroatoms. The fraction of sp³-hybridized carbons (Fsp3) is 0.500. The van der Waals surface area contributed by atoms with E-state index < -0.39 is 0 Å². The number of amidine groups is 1. The quantitative estimate of drug-likeness (QED) is 0.868. The molecule has 3 aliphatic heterocycles. The molecule has 1 fully saturated rings. The van der Waals surface area contributed by atoms with Crippen molar-refractivity contribution in [2.75, 3.05) is 6.61 Å². The van der Waals surface area contributed by atoms with Crippen molar-refractivity contribution < 1.29 is 9.57 Å². The van der Waals surface area contributed by atoms with Crippen LogP contribution < -0.4 is 5.73 Å². The van der Waals surface area contributed by atoms with E-state index in [4.69, 9.17) is 15.3 Å². The van der Waals surface area contributed by atoms with E-state index in [1.807, 2.05) is 17.1 Å². The van der Waals surface area contributed by atoms with Crippen LogP contribution in [-0.4, -0.2) is 32.9 Å². The number of oxime groups is 1. The molecule has 1 aromatic heterocycles. The van der Waals surface area contributed by atoms with Crippen molar-refractivity contribution in [3.63, 3.8) is 0 Å². The van der Waals surface area contributed by atoms with Gasteiger partial charge in [-0.15, -0.1) is 0 Å². The number of nitrogens with zero attached hydrogens (tertiary/aromatic N) is 4. The first-order valence-corrected chi connectivity index (χ1v) is 8.12. The van der Waals surface area contributed by atoms with E-state index in [-0.39, 0.29) is 18.2 Å². The lowest BCUT2D eigenvalue weighted by Crippen LogP contribution is -2.35. The second kappa shape index (κ2) is 5.51. The van der Waals surface area contributed by atoms with Gasteiger partial charge in [0.1, 0.15) is 12.1 Å². The molecule has 0 radical (unpaired) electrons. The molecule has 0 aromatic carbocycles. The minimum Gasteiger partial charge on any atom is -0.385 e. The minimum atomic E-state index is -0.253. The maximum Gasteiger partial charge on any atom is 0.170 e. The Morgan fingerprint density at radius 1 is 1.36 bits per heavy atom. The standard InChI is InChI=1S/C14H16BrN5O2/c15-13-11-12(22-19-14(11)16)9(6-17-13)8-5-18-20(7-8)10-3-1-2-4-21-10/h5-7,10-12H,1-4H2,(H2,16,19). The fourth-order valence-electron chi connectivity index (χ4n) is 2.97. The highest BCUT2D eigenvalue weighted by Crippen LogP contribution is 2.36. The first kappa shape index (κ1) is 14.0. The van der Waals surface area contributed by atoms with E-state index in [9.17, 15) is 0 Å². The van der Waals surface area contributed by atoms with E-state index in [1.54, 1.807) is 6.20 Å². The van der Waals surface area contributed by atoms with Crippen LogP contribution in [0.3, 0.4) is 0 Å². The van der Waals surface area contributed by atoms with E-state index in [0.717, 1.165) is 41.6 Å². The molecule has 0 aliphatic carbocycles. The maximum absolute atomic E-state index is 5.89. The van der Waals surface area contributed by atoms with Crippen molar-refractivity contribution in [3.05, 3.63) is 24.2 Å². The van der Waals surface area contributed by atoms with Crippen LogP contribution in [0, 0.1) is 5.92 Å². The smallest absolute Gasteiger partial charge is 0.170 e. The van der Waals surface area contributed by atoms with Crippen molar-refractivity contribution >= 4 is 32.0 Å². The maximum atomic E-state index is 5.89. The number of hydrogen-bond acceptors (Lipinski definition) is 6. The topological polar surface area (TPSA) is 87.0 Å². The van der Waals surface area contributed by atoms with Crippen LogP contribution in [0.1, 0.15) is 31.1 Å². The Morgan fingerprint density at radius 3 is 3.09 bits per heavy atom. The third kappa shape index (κ3) is 2.26. The van der Waals surface area contributed by atoms with Crippen molar-refractivity contribution in [2.45, 2.75) is 31.6 Å². The zero-order chi connectivity index (χ0) is 15.1. The summed E-state index contributed by atoms with van der Waals surface area (Å²) < 4.78 is 8.37. The number of aliphatic imine (C=N–C) groups is 1. The monoisotopic (exact) mass is 365 g/mol. The summed E-state index contributed by atoms with van der Waals surface area (Å²) in [5, 5.41) is 8.33. The molecule has 3 unspecified atom stereocenters. The summed E-state index contributed by atoms with van der Waals surface area (Å²) in [6.07, 6.45) is 8.61. The zero-order valence-electron chi connectivity index (χ0n) is 11.9. The highest BCUT2D eigenvalue weighted by molar-refractivity contribution is 9.18. The van der Waals surface area contributed by atoms with Crippen LogP contribution in [0.2, 0.25) is 0 Å². The summed E-state index contributed by atoms with van der Waals surface area (Å²) in [6, 6.07) is 0. The van der Waals surface area contributed by atoms with Gasteiger partial charge in [-0.3, -0.25) is 4.99 Å². The molecular weight excluding hydrogens is 350 g/mol. The van der Waals surface area contributed by atoms with Gasteiger partial charge in [-0.1, -0.05) is 5.16 Å². The van der Waals surface area contributed by atoms with Crippen LogP contribution in [0.4, 0.5) is 0 Å². The Morgan fingerprint density at radius 2 is 2.27 bits per heavy atom. The van der Waals surface area contributed by atoms with E-state index in [2.05, 4.69) is 31.2 Å². The first-order chi connectivity index (χ1) is 10.7. The average Bonchev–Trinajstić information content (AvgIpc) is 3.17. The van der Waals surface area contributed by atoms with Crippen molar-refractivity contribution in [2.24, 2.45) is 21.8 Å². The lowest BCUT2D eigenvalue weighted by atomic mass is 9.92. The van der Waals surface area contributed by atoms with Gasteiger partial charge >= 0.3 is 0 Å².